The molecule has 2 rings (SSSR count). The molecule has 0 aliphatic carbocycles. The standard InChI is InChI=1S/C10H6ClNO4/c11-8-3-6(10(15)16)7-2-1-5(9(13)14)4-12(7)8/h1-4H,(H,13,14)(H,15,16). The smallest absolute Gasteiger partial charge is 0.337 e. The van der Waals surface area contributed by atoms with Gasteiger partial charge in [0.15, 0.2) is 0 Å². The molecule has 0 aliphatic heterocycles. The second kappa shape index (κ2) is 3.53. The van der Waals surface area contributed by atoms with Gasteiger partial charge < -0.3 is 14.6 Å². The number of aromatic carboxylic acids is 2. The van der Waals surface area contributed by atoms with Crippen molar-refractivity contribution in [1.82, 2.24) is 4.40 Å². The highest BCUT2D eigenvalue weighted by Gasteiger charge is 2.14. The number of rotatable bonds is 2. The lowest BCUT2D eigenvalue weighted by Crippen LogP contribution is -2.00. The third-order valence-electron chi connectivity index (χ3n) is 2.20. The van der Waals surface area contributed by atoms with Crippen molar-refractivity contribution in [2.75, 3.05) is 0 Å². The molecule has 0 spiro atoms. The van der Waals surface area contributed by atoms with E-state index in [1.54, 1.807) is 0 Å². The Morgan fingerprint density at radius 3 is 2.44 bits per heavy atom. The van der Waals surface area contributed by atoms with E-state index >= 15 is 0 Å². The minimum Gasteiger partial charge on any atom is -0.478 e. The van der Waals surface area contributed by atoms with E-state index in [1.165, 1.54) is 28.8 Å². The van der Waals surface area contributed by atoms with Crippen LogP contribution in [0.25, 0.3) is 5.52 Å². The average molecular weight is 240 g/mol. The van der Waals surface area contributed by atoms with Crippen LogP contribution in [0.5, 0.6) is 0 Å². The molecule has 0 saturated carbocycles. The van der Waals surface area contributed by atoms with Crippen molar-refractivity contribution in [3.63, 3.8) is 0 Å². The monoisotopic (exact) mass is 239 g/mol. The maximum Gasteiger partial charge on any atom is 0.337 e. The molecule has 5 nitrogen and oxygen atoms in total. The van der Waals surface area contributed by atoms with Crippen LogP contribution in [0, 0.1) is 0 Å². The molecule has 82 valence electrons. The summed E-state index contributed by atoms with van der Waals surface area (Å²) >= 11 is 5.81. The highest BCUT2D eigenvalue weighted by Crippen LogP contribution is 2.21. The van der Waals surface area contributed by atoms with Crippen LogP contribution in [0.2, 0.25) is 5.15 Å². The van der Waals surface area contributed by atoms with Crippen LogP contribution in [0.15, 0.2) is 24.4 Å². The molecule has 0 bridgehead atoms. The van der Waals surface area contributed by atoms with E-state index in [-0.39, 0.29) is 16.3 Å². The van der Waals surface area contributed by atoms with Gasteiger partial charge in [0.05, 0.1) is 16.6 Å². The Bertz CT molecular complexity index is 602. The molecule has 2 aromatic rings. The van der Waals surface area contributed by atoms with Gasteiger partial charge in [0.25, 0.3) is 0 Å². The number of halogens is 1. The van der Waals surface area contributed by atoms with Crippen LogP contribution in [0.4, 0.5) is 0 Å². The lowest BCUT2D eigenvalue weighted by atomic mass is 10.2. The van der Waals surface area contributed by atoms with Gasteiger partial charge in [-0.15, -0.1) is 0 Å². The molecule has 0 unspecified atom stereocenters. The Morgan fingerprint density at radius 1 is 1.19 bits per heavy atom. The molecule has 0 atom stereocenters. The molecular weight excluding hydrogens is 234 g/mol. The first-order valence-electron chi connectivity index (χ1n) is 4.28. The van der Waals surface area contributed by atoms with Gasteiger partial charge in [-0.25, -0.2) is 9.59 Å². The summed E-state index contributed by atoms with van der Waals surface area (Å²) in [6.45, 7) is 0. The summed E-state index contributed by atoms with van der Waals surface area (Å²) < 4.78 is 1.33. The van der Waals surface area contributed by atoms with Crippen molar-refractivity contribution >= 4 is 29.1 Å². The highest BCUT2D eigenvalue weighted by molar-refractivity contribution is 6.30. The molecule has 2 heterocycles. The van der Waals surface area contributed by atoms with Crippen LogP contribution in [0.1, 0.15) is 20.7 Å². The van der Waals surface area contributed by atoms with Gasteiger partial charge in [-0.2, -0.15) is 0 Å². The van der Waals surface area contributed by atoms with Gasteiger partial charge in [-0.3, -0.25) is 0 Å². The molecule has 0 amide bonds. The molecule has 16 heavy (non-hydrogen) atoms. The molecule has 0 aromatic carbocycles. The molecule has 2 N–H and O–H groups in total. The van der Waals surface area contributed by atoms with E-state index in [4.69, 9.17) is 21.8 Å². The van der Waals surface area contributed by atoms with E-state index in [2.05, 4.69) is 0 Å². The van der Waals surface area contributed by atoms with Crippen molar-refractivity contribution in [3.8, 4) is 0 Å². The Labute approximate surface area is 94.5 Å². The summed E-state index contributed by atoms with van der Waals surface area (Å²) in [4.78, 5) is 21.6. The number of hydrogen-bond donors (Lipinski definition) is 2. The van der Waals surface area contributed by atoms with Gasteiger partial charge in [-0.05, 0) is 18.2 Å². The van der Waals surface area contributed by atoms with Crippen molar-refractivity contribution in [1.29, 1.82) is 0 Å². The maximum absolute atomic E-state index is 10.9. The normalized spacial score (nSPS) is 10.6. The lowest BCUT2D eigenvalue weighted by Gasteiger charge is -1.99. The van der Waals surface area contributed by atoms with Crippen molar-refractivity contribution in [2.24, 2.45) is 0 Å². The highest BCUT2D eigenvalue weighted by atomic mass is 35.5. The van der Waals surface area contributed by atoms with Gasteiger partial charge in [0.2, 0.25) is 0 Å². The zero-order valence-electron chi connectivity index (χ0n) is 7.85. The lowest BCUT2D eigenvalue weighted by molar-refractivity contribution is 0.0688. The van der Waals surface area contributed by atoms with Gasteiger partial charge in [0.1, 0.15) is 5.15 Å². The summed E-state index contributed by atoms with van der Waals surface area (Å²) in [5.74, 6) is -2.20. The minimum atomic E-state index is -1.10. The Balaban J connectivity index is 2.76. The summed E-state index contributed by atoms with van der Waals surface area (Å²) in [6.07, 6.45) is 1.28. The second-order valence-electron chi connectivity index (χ2n) is 3.16. The number of carboxylic acid groups (broad SMARTS) is 2. The van der Waals surface area contributed by atoms with Gasteiger partial charge in [-0.1, -0.05) is 11.6 Å². The molecule has 0 fully saturated rings. The zero-order chi connectivity index (χ0) is 11.9. The van der Waals surface area contributed by atoms with E-state index in [1.807, 2.05) is 0 Å². The molecule has 0 saturated heterocycles. The first-order valence-corrected chi connectivity index (χ1v) is 4.65. The number of carbonyl (C=O) groups is 2. The third-order valence-corrected chi connectivity index (χ3v) is 2.49. The van der Waals surface area contributed by atoms with Crippen LogP contribution >= 0.6 is 11.6 Å². The summed E-state index contributed by atoms with van der Waals surface area (Å²) in [7, 11) is 0. The van der Waals surface area contributed by atoms with E-state index < -0.39 is 11.9 Å². The van der Waals surface area contributed by atoms with Crippen LogP contribution < -0.4 is 0 Å². The van der Waals surface area contributed by atoms with Crippen molar-refractivity contribution in [2.45, 2.75) is 0 Å². The first-order chi connectivity index (χ1) is 7.50. The quantitative estimate of drug-likeness (QED) is 0.840. The Hall–Kier alpha value is -2.01. The number of carboxylic acids is 2. The fourth-order valence-electron chi connectivity index (χ4n) is 1.46. The number of nitrogens with zero attached hydrogens (tertiary/aromatic N) is 1. The van der Waals surface area contributed by atoms with Crippen LogP contribution in [0.3, 0.4) is 0 Å². The predicted molar refractivity (Wildman–Crippen MR) is 56.3 cm³/mol. The van der Waals surface area contributed by atoms with E-state index in [0.29, 0.717) is 5.52 Å². The maximum atomic E-state index is 10.9. The fraction of sp³-hybridized carbons (Fsp3) is 0. The number of hydrogen-bond acceptors (Lipinski definition) is 2. The fourth-order valence-corrected chi connectivity index (χ4v) is 1.71. The first kappa shape index (κ1) is 10.5. The zero-order valence-corrected chi connectivity index (χ0v) is 8.60. The van der Waals surface area contributed by atoms with Crippen LogP contribution in [-0.4, -0.2) is 26.6 Å². The average Bonchev–Trinajstić information content (AvgIpc) is 2.56. The molecule has 0 aliphatic rings. The minimum absolute atomic E-state index is 0.0435. The molecule has 6 heteroatoms. The number of fused-ring (bicyclic) bond motifs is 1. The number of pyridine rings is 1. The molecule has 0 radical (unpaired) electrons. The SMILES string of the molecule is O=C(O)c1ccc2c(C(=O)O)cc(Cl)n2c1. The topological polar surface area (TPSA) is 79.0 Å². The summed E-state index contributed by atoms with van der Waals surface area (Å²) in [5.41, 5.74) is 0.450. The Morgan fingerprint density at radius 2 is 1.88 bits per heavy atom. The van der Waals surface area contributed by atoms with E-state index in [0.717, 1.165) is 0 Å². The van der Waals surface area contributed by atoms with Gasteiger partial charge in [0, 0.05) is 6.20 Å². The van der Waals surface area contributed by atoms with Crippen molar-refractivity contribution < 1.29 is 19.8 Å². The predicted octanol–water partition coefficient (Wildman–Crippen LogP) is 1.99. The Kier molecular flexibility index (Phi) is 2.32. The summed E-state index contributed by atoms with van der Waals surface area (Å²) in [5, 5.41) is 17.8. The van der Waals surface area contributed by atoms with Crippen LogP contribution in [-0.2, 0) is 0 Å². The molecule has 2 aromatic heterocycles. The largest absolute Gasteiger partial charge is 0.478 e. The number of aromatic nitrogens is 1. The van der Waals surface area contributed by atoms with E-state index in [9.17, 15) is 9.59 Å². The molecular formula is C10H6ClNO4. The third kappa shape index (κ3) is 1.51. The van der Waals surface area contributed by atoms with Crippen molar-refractivity contribution in [3.05, 3.63) is 40.7 Å². The van der Waals surface area contributed by atoms with Gasteiger partial charge >= 0.3 is 11.9 Å². The summed E-state index contributed by atoms with van der Waals surface area (Å²) in [6, 6.07) is 4.03. The second-order valence-corrected chi connectivity index (χ2v) is 3.55.